The summed E-state index contributed by atoms with van der Waals surface area (Å²) in [5.41, 5.74) is -0.828. The second-order valence-electron chi connectivity index (χ2n) is 5.37. The Morgan fingerprint density at radius 2 is 2.04 bits per heavy atom. The van der Waals surface area contributed by atoms with Gasteiger partial charge >= 0.3 is 6.18 Å². The quantitative estimate of drug-likeness (QED) is 0.323. The first-order chi connectivity index (χ1) is 12.5. The Bertz CT molecular complexity index is 524. The van der Waals surface area contributed by atoms with Crippen molar-refractivity contribution in [3.63, 3.8) is 0 Å². The van der Waals surface area contributed by atoms with Crippen LogP contribution < -0.4 is 10.6 Å². The summed E-state index contributed by atoms with van der Waals surface area (Å²) in [6.07, 6.45) is -2.17. The molecule has 0 aliphatic rings. The van der Waals surface area contributed by atoms with Crippen molar-refractivity contribution in [2.24, 2.45) is 4.99 Å². The molecule has 1 aromatic rings. The summed E-state index contributed by atoms with van der Waals surface area (Å²) >= 11 is 1.02. The van der Waals surface area contributed by atoms with E-state index < -0.39 is 11.9 Å². The number of halogens is 3. The highest BCUT2D eigenvalue weighted by atomic mass is 32.1. The third-order valence-corrected chi connectivity index (χ3v) is 4.12. The number of alkyl halides is 3. The van der Waals surface area contributed by atoms with E-state index in [0.717, 1.165) is 29.6 Å². The Kier molecular flexibility index (Phi) is 11.2. The Morgan fingerprint density at radius 3 is 2.69 bits per heavy atom. The number of thiazole rings is 1. The molecule has 0 unspecified atom stereocenters. The van der Waals surface area contributed by atoms with Crippen molar-refractivity contribution in [3.05, 3.63) is 16.1 Å². The average Bonchev–Trinajstić information content (AvgIpc) is 3.06. The zero-order valence-electron chi connectivity index (χ0n) is 15.2. The number of rotatable bonds is 12. The predicted molar refractivity (Wildman–Crippen MR) is 96.7 cm³/mol. The standard InChI is InChI=1S/C16H27F3N4O2S/c1-3-20-15(21-7-4-5-9-25-11-10-24-2)22-8-6-14-23-13(12-26-14)16(17,18)19/h12H,3-11H2,1-2H3,(H2,20,21,22). The minimum absolute atomic E-state index is 0.415. The molecule has 150 valence electrons. The molecule has 0 fully saturated rings. The third-order valence-electron chi connectivity index (χ3n) is 3.22. The minimum atomic E-state index is -4.38. The van der Waals surface area contributed by atoms with Crippen molar-refractivity contribution in [3.8, 4) is 0 Å². The van der Waals surface area contributed by atoms with Crippen LogP contribution in [0.25, 0.3) is 0 Å². The minimum Gasteiger partial charge on any atom is -0.382 e. The molecule has 0 saturated carbocycles. The molecule has 0 radical (unpaired) electrons. The van der Waals surface area contributed by atoms with Gasteiger partial charge in [0, 0.05) is 45.2 Å². The first kappa shape index (κ1) is 22.7. The van der Waals surface area contributed by atoms with Crippen LogP contribution in [0.3, 0.4) is 0 Å². The van der Waals surface area contributed by atoms with Crippen LogP contribution in [0.2, 0.25) is 0 Å². The van der Waals surface area contributed by atoms with Crippen molar-refractivity contribution in [1.82, 2.24) is 15.6 Å². The van der Waals surface area contributed by atoms with Crippen molar-refractivity contribution in [1.29, 1.82) is 0 Å². The molecule has 0 amide bonds. The van der Waals surface area contributed by atoms with E-state index in [4.69, 9.17) is 9.47 Å². The predicted octanol–water partition coefficient (Wildman–Crippen LogP) is 2.70. The number of nitrogens with zero attached hydrogens (tertiary/aromatic N) is 2. The lowest BCUT2D eigenvalue weighted by Gasteiger charge is -2.10. The van der Waals surface area contributed by atoms with Crippen molar-refractivity contribution >= 4 is 17.3 Å². The lowest BCUT2D eigenvalue weighted by Crippen LogP contribution is -2.38. The molecular weight excluding hydrogens is 369 g/mol. The number of guanidine groups is 1. The number of hydrogen-bond acceptors (Lipinski definition) is 5. The smallest absolute Gasteiger partial charge is 0.382 e. The molecule has 0 aliphatic heterocycles. The second-order valence-corrected chi connectivity index (χ2v) is 6.32. The molecule has 6 nitrogen and oxygen atoms in total. The largest absolute Gasteiger partial charge is 0.434 e. The van der Waals surface area contributed by atoms with Gasteiger partial charge in [0.2, 0.25) is 0 Å². The van der Waals surface area contributed by atoms with Crippen molar-refractivity contribution in [2.45, 2.75) is 32.4 Å². The summed E-state index contributed by atoms with van der Waals surface area (Å²) in [4.78, 5) is 8.05. The zero-order chi connectivity index (χ0) is 19.3. The molecule has 10 heteroatoms. The first-order valence-electron chi connectivity index (χ1n) is 8.57. The van der Waals surface area contributed by atoms with E-state index >= 15 is 0 Å². The fourth-order valence-corrected chi connectivity index (χ4v) is 2.74. The maximum atomic E-state index is 12.5. The van der Waals surface area contributed by atoms with Crippen molar-refractivity contribution < 1.29 is 22.6 Å². The first-order valence-corrected chi connectivity index (χ1v) is 9.45. The van der Waals surface area contributed by atoms with E-state index in [1.54, 1.807) is 7.11 Å². The molecule has 0 aliphatic carbocycles. The third kappa shape index (κ3) is 9.93. The summed E-state index contributed by atoms with van der Waals surface area (Å²) in [6.45, 7) is 5.65. The lowest BCUT2D eigenvalue weighted by atomic mass is 10.3. The van der Waals surface area contributed by atoms with Gasteiger partial charge in [0.05, 0.1) is 18.2 Å². The maximum Gasteiger partial charge on any atom is 0.434 e. The van der Waals surface area contributed by atoms with Crippen LogP contribution in [-0.4, -0.2) is 57.5 Å². The molecular formula is C16H27F3N4O2S. The van der Waals surface area contributed by atoms with Crippen LogP contribution in [0.5, 0.6) is 0 Å². The summed E-state index contributed by atoms with van der Waals surface area (Å²) in [5, 5.41) is 7.72. The van der Waals surface area contributed by atoms with Gasteiger partial charge in [-0.1, -0.05) is 0 Å². The molecule has 26 heavy (non-hydrogen) atoms. The van der Waals surface area contributed by atoms with E-state index in [1.807, 2.05) is 6.92 Å². The highest BCUT2D eigenvalue weighted by molar-refractivity contribution is 7.09. The SMILES string of the molecule is CCNC(=NCCCCOCCOC)NCCc1nc(C(F)(F)F)cs1. The van der Waals surface area contributed by atoms with Crippen LogP contribution in [0.4, 0.5) is 13.2 Å². The van der Waals surface area contributed by atoms with Crippen molar-refractivity contribution in [2.75, 3.05) is 46.6 Å². The van der Waals surface area contributed by atoms with Gasteiger partial charge in [-0.05, 0) is 19.8 Å². The van der Waals surface area contributed by atoms with Gasteiger partial charge in [-0.3, -0.25) is 4.99 Å². The van der Waals surface area contributed by atoms with E-state index in [2.05, 4.69) is 20.6 Å². The van der Waals surface area contributed by atoms with Gasteiger partial charge < -0.3 is 20.1 Å². The van der Waals surface area contributed by atoms with Gasteiger partial charge in [0.15, 0.2) is 11.7 Å². The second kappa shape index (κ2) is 12.9. The monoisotopic (exact) mass is 396 g/mol. The molecule has 1 aromatic heterocycles. The van der Waals surface area contributed by atoms with Gasteiger partial charge in [-0.25, -0.2) is 4.98 Å². The van der Waals surface area contributed by atoms with Crippen LogP contribution in [0.15, 0.2) is 10.4 Å². The molecule has 1 rings (SSSR count). The highest BCUT2D eigenvalue weighted by Crippen LogP contribution is 2.29. The van der Waals surface area contributed by atoms with E-state index in [0.29, 0.717) is 56.8 Å². The molecule has 0 aromatic carbocycles. The molecule has 1 heterocycles. The summed E-state index contributed by atoms with van der Waals surface area (Å²) < 4.78 is 47.8. The van der Waals surface area contributed by atoms with Gasteiger partial charge in [0.25, 0.3) is 0 Å². The summed E-state index contributed by atoms with van der Waals surface area (Å²) in [6, 6.07) is 0. The van der Waals surface area contributed by atoms with E-state index in [1.165, 1.54) is 0 Å². The van der Waals surface area contributed by atoms with Crippen LogP contribution >= 0.6 is 11.3 Å². The maximum absolute atomic E-state index is 12.5. The number of ether oxygens (including phenoxy) is 2. The number of hydrogen-bond donors (Lipinski definition) is 2. The van der Waals surface area contributed by atoms with Crippen LogP contribution in [0.1, 0.15) is 30.5 Å². The summed E-state index contributed by atoms with van der Waals surface area (Å²) in [5.74, 6) is 0.653. The molecule has 0 saturated heterocycles. The highest BCUT2D eigenvalue weighted by Gasteiger charge is 2.33. The van der Waals surface area contributed by atoms with Gasteiger partial charge in [-0.15, -0.1) is 11.3 Å². The number of aliphatic imine (C=N–C) groups is 1. The Labute approximate surface area is 156 Å². The zero-order valence-corrected chi connectivity index (χ0v) is 16.0. The van der Waals surface area contributed by atoms with Crippen LogP contribution in [-0.2, 0) is 22.1 Å². The van der Waals surface area contributed by atoms with E-state index in [-0.39, 0.29) is 0 Å². The molecule has 0 bridgehead atoms. The number of aromatic nitrogens is 1. The fraction of sp³-hybridized carbons (Fsp3) is 0.750. The molecule has 0 atom stereocenters. The number of nitrogens with one attached hydrogen (secondary N) is 2. The molecule has 0 spiro atoms. The van der Waals surface area contributed by atoms with Gasteiger partial charge in [-0.2, -0.15) is 13.2 Å². The Morgan fingerprint density at radius 1 is 1.23 bits per heavy atom. The summed E-state index contributed by atoms with van der Waals surface area (Å²) in [7, 11) is 1.64. The number of unbranched alkanes of at least 4 members (excludes halogenated alkanes) is 1. The van der Waals surface area contributed by atoms with E-state index in [9.17, 15) is 13.2 Å². The average molecular weight is 396 g/mol. The van der Waals surface area contributed by atoms with Gasteiger partial charge in [0.1, 0.15) is 0 Å². The Hall–Kier alpha value is -1.39. The fourth-order valence-electron chi connectivity index (χ4n) is 1.94. The Balaban J connectivity index is 2.26. The lowest BCUT2D eigenvalue weighted by molar-refractivity contribution is -0.140. The molecule has 2 N–H and O–H groups in total. The topological polar surface area (TPSA) is 67.8 Å². The normalized spacial score (nSPS) is 12.4. The number of methoxy groups -OCH3 is 1. The van der Waals surface area contributed by atoms with Crippen LogP contribution in [0, 0.1) is 0 Å².